The fourth-order valence-corrected chi connectivity index (χ4v) is 2.47. The Morgan fingerprint density at radius 1 is 1.03 bits per heavy atom. The standard InChI is InChI=1S/C21H25N3O4S/c1-4-15-8-10-17(11-9-15)27-13-19(25)23-24-21(29)22-20(26)16-6-5-7-18(12-16)28-14(2)3/h5-12,14H,4,13H2,1-3H3,(H,23,25)(H2,22,24,26,29). The van der Waals surface area contributed by atoms with Crippen LogP contribution < -0.4 is 25.6 Å². The fraction of sp³-hybridized carbons (Fsp3) is 0.286. The second kappa shape index (κ2) is 11.0. The molecule has 0 saturated heterocycles. The van der Waals surface area contributed by atoms with E-state index in [1.807, 2.05) is 38.1 Å². The molecule has 8 heteroatoms. The van der Waals surface area contributed by atoms with Crippen LogP contribution in [0, 0.1) is 0 Å². The lowest BCUT2D eigenvalue weighted by Gasteiger charge is -2.13. The molecular formula is C21H25N3O4S. The number of hydrogen-bond donors (Lipinski definition) is 3. The Balaban J connectivity index is 1.75. The van der Waals surface area contributed by atoms with Crippen LogP contribution in [0.5, 0.6) is 11.5 Å². The lowest BCUT2D eigenvalue weighted by molar-refractivity contribution is -0.123. The van der Waals surface area contributed by atoms with E-state index in [4.69, 9.17) is 21.7 Å². The molecule has 0 atom stereocenters. The van der Waals surface area contributed by atoms with Gasteiger partial charge in [0.1, 0.15) is 11.5 Å². The minimum Gasteiger partial charge on any atom is -0.491 e. The first-order chi connectivity index (χ1) is 13.9. The summed E-state index contributed by atoms with van der Waals surface area (Å²) in [6.45, 7) is 5.67. The lowest BCUT2D eigenvalue weighted by atomic mass is 10.2. The Kier molecular flexibility index (Phi) is 8.42. The van der Waals surface area contributed by atoms with Crippen molar-refractivity contribution in [3.8, 4) is 11.5 Å². The van der Waals surface area contributed by atoms with E-state index in [1.54, 1.807) is 24.3 Å². The smallest absolute Gasteiger partial charge is 0.276 e. The number of hydrogen-bond acceptors (Lipinski definition) is 5. The van der Waals surface area contributed by atoms with Crippen LogP contribution in [-0.4, -0.2) is 29.6 Å². The number of thiocarbonyl (C=S) groups is 1. The van der Waals surface area contributed by atoms with Gasteiger partial charge < -0.3 is 9.47 Å². The molecule has 0 aliphatic rings. The van der Waals surface area contributed by atoms with Gasteiger partial charge in [-0.2, -0.15) is 0 Å². The van der Waals surface area contributed by atoms with E-state index in [0.717, 1.165) is 6.42 Å². The number of rotatable bonds is 7. The van der Waals surface area contributed by atoms with Gasteiger partial charge in [0.15, 0.2) is 11.7 Å². The summed E-state index contributed by atoms with van der Waals surface area (Å²) in [6.07, 6.45) is 0.932. The average molecular weight is 416 g/mol. The van der Waals surface area contributed by atoms with Gasteiger partial charge in [0.05, 0.1) is 6.10 Å². The molecule has 0 saturated carbocycles. The highest BCUT2D eigenvalue weighted by Gasteiger charge is 2.10. The third-order valence-electron chi connectivity index (χ3n) is 3.71. The van der Waals surface area contributed by atoms with Crippen molar-refractivity contribution in [1.82, 2.24) is 16.2 Å². The summed E-state index contributed by atoms with van der Waals surface area (Å²) in [7, 11) is 0. The highest BCUT2D eigenvalue weighted by Crippen LogP contribution is 2.15. The molecule has 2 amide bonds. The normalized spacial score (nSPS) is 10.2. The van der Waals surface area contributed by atoms with E-state index in [-0.39, 0.29) is 17.8 Å². The average Bonchev–Trinajstić information content (AvgIpc) is 2.70. The quantitative estimate of drug-likeness (QED) is 0.476. The van der Waals surface area contributed by atoms with Gasteiger partial charge in [-0.1, -0.05) is 25.1 Å². The molecule has 2 aromatic carbocycles. The van der Waals surface area contributed by atoms with Crippen LogP contribution in [0.3, 0.4) is 0 Å². The topological polar surface area (TPSA) is 88.7 Å². The van der Waals surface area contributed by atoms with Gasteiger partial charge >= 0.3 is 0 Å². The first kappa shape index (κ1) is 22.2. The predicted molar refractivity (Wildman–Crippen MR) is 115 cm³/mol. The summed E-state index contributed by atoms with van der Waals surface area (Å²) in [4.78, 5) is 24.1. The van der Waals surface area contributed by atoms with Crippen LogP contribution >= 0.6 is 12.2 Å². The van der Waals surface area contributed by atoms with Crippen molar-refractivity contribution in [2.24, 2.45) is 0 Å². The highest BCUT2D eigenvalue weighted by molar-refractivity contribution is 7.80. The van der Waals surface area contributed by atoms with Gasteiger partial charge in [0.2, 0.25) is 0 Å². The molecule has 2 rings (SSSR count). The minimum absolute atomic E-state index is 0.00179. The molecule has 0 aliphatic heterocycles. The van der Waals surface area contributed by atoms with E-state index >= 15 is 0 Å². The summed E-state index contributed by atoms with van der Waals surface area (Å²) >= 11 is 5.03. The van der Waals surface area contributed by atoms with E-state index in [1.165, 1.54) is 5.56 Å². The summed E-state index contributed by atoms with van der Waals surface area (Å²) in [5.74, 6) is 0.326. The molecular weight excluding hydrogens is 390 g/mol. The Bertz CT molecular complexity index is 853. The predicted octanol–water partition coefficient (Wildman–Crippen LogP) is 2.75. The summed E-state index contributed by atoms with van der Waals surface area (Å²) in [5.41, 5.74) is 6.42. The van der Waals surface area contributed by atoms with E-state index < -0.39 is 11.8 Å². The van der Waals surface area contributed by atoms with Crippen molar-refractivity contribution in [2.75, 3.05) is 6.61 Å². The first-order valence-electron chi connectivity index (χ1n) is 9.26. The van der Waals surface area contributed by atoms with Crippen molar-refractivity contribution in [1.29, 1.82) is 0 Å². The van der Waals surface area contributed by atoms with Gasteiger partial charge in [-0.05, 0) is 68.4 Å². The van der Waals surface area contributed by atoms with E-state index in [2.05, 4.69) is 23.1 Å². The molecule has 0 radical (unpaired) electrons. The van der Waals surface area contributed by atoms with Gasteiger partial charge in [-0.3, -0.25) is 25.8 Å². The van der Waals surface area contributed by atoms with Crippen molar-refractivity contribution < 1.29 is 19.1 Å². The van der Waals surface area contributed by atoms with E-state index in [0.29, 0.717) is 17.1 Å². The molecule has 0 aliphatic carbocycles. The second-order valence-corrected chi connectivity index (χ2v) is 6.85. The number of benzene rings is 2. The van der Waals surface area contributed by atoms with Crippen LogP contribution in [0.1, 0.15) is 36.7 Å². The van der Waals surface area contributed by atoms with Gasteiger partial charge in [0.25, 0.3) is 11.8 Å². The number of carbonyl (C=O) groups excluding carboxylic acids is 2. The Hall–Kier alpha value is -3.13. The van der Waals surface area contributed by atoms with Crippen LogP contribution in [0.4, 0.5) is 0 Å². The maximum Gasteiger partial charge on any atom is 0.276 e. The van der Waals surface area contributed by atoms with Crippen molar-refractivity contribution in [3.05, 3.63) is 59.7 Å². The van der Waals surface area contributed by atoms with Crippen molar-refractivity contribution in [3.63, 3.8) is 0 Å². The molecule has 0 heterocycles. The molecule has 2 aromatic rings. The van der Waals surface area contributed by atoms with Gasteiger partial charge in [-0.15, -0.1) is 0 Å². The highest BCUT2D eigenvalue weighted by atomic mass is 32.1. The number of aryl methyl sites for hydroxylation is 1. The molecule has 0 unspecified atom stereocenters. The SMILES string of the molecule is CCc1ccc(OCC(=O)NNC(=S)NC(=O)c2cccc(OC(C)C)c2)cc1. The number of hydrazine groups is 1. The summed E-state index contributed by atoms with van der Waals surface area (Å²) < 4.78 is 11.0. The fourth-order valence-electron chi connectivity index (χ4n) is 2.32. The van der Waals surface area contributed by atoms with Gasteiger partial charge in [0, 0.05) is 5.56 Å². The largest absolute Gasteiger partial charge is 0.491 e. The lowest BCUT2D eigenvalue weighted by Crippen LogP contribution is -2.49. The molecule has 29 heavy (non-hydrogen) atoms. The van der Waals surface area contributed by atoms with Crippen LogP contribution in [0.15, 0.2) is 48.5 Å². The molecule has 3 N–H and O–H groups in total. The Morgan fingerprint density at radius 3 is 2.41 bits per heavy atom. The zero-order chi connectivity index (χ0) is 21.2. The maximum atomic E-state index is 12.3. The van der Waals surface area contributed by atoms with Crippen LogP contribution in [0.25, 0.3) is 0 Å². The number of ether oxygens (including phenoxy) is 2. The van der Waals surface area contributed by atoms with Crippen molar-refractivity contribution in [2.45, 2.75) is 33.3 Å². The zero-order valence-corrected chi connectivity index (χ0v) is 17.5. The van der Waals surface area contributed by atoms with Crippen LogP contribution in [0.2, 0.25) is 0 Å². The number of carbonyl (C=O) groups is 2. The monoisotopic (exact) mass is 415 g/mol. The molecule has 7 nitrogen and oxygen atoms in total. The van der Waals surface area contributed by atoms with E-state index in [9.17, 15) is 9.59 Å². The molecule has 0 aromatic heterocycles. The first-order valence-corrected chi connectivity index (χ1v) is 9.66. The summed E-state index contributed by atoms with van der Waals surface area (Å²) in [5, 5.41) is 2.45. The number of amides is 2. The maximum absolute atomic E-state index is 12.3. The third kappa shape index (κ3) is 7.79. The molecule has 0 bridgehead atoms. The zero-order valence-electron chi connectivity index (χ0n) is 16.7. The molecule has 154 valence electrons. The van der Waals surface area contributed by atoms with Crippen LogP contribution in [-0.2, 0) is 11.2 Å². The third-order valence-corrected chi connectivity index (χ3v) is 3.92. The Labute approximate surface area is 175 Å². The minimum atomic E-state index is -0.437. The van der Waals surface area contributed by atoms with Crippen molar-refractivity contribution >= 4 is 29.1 Å². The number of nitrogens with one attached hydrogen (secondary N) is 3. The Morgan fingerprint density at radius 2 is 1.76 bits per heavy atom. The summed E-state index contributed by atoms with van der Waals surface area (Å²) in [6, 6.07) is 14.2. The molecule has 0 fully saturated rings. The molecule has 0 spiro atoms. The van der Waals surface area contributed by atoms with Gasteiger partial charge in [-0.25, -0.2) is 0 Å². The second-order valence-electron chi connectivity index (χ2n) is 6.44.